The van der Waals surface area contributed by atoms with Gasteiger partial charge in [-0.05, 0) is 57.2 Å². The van der Waals surface area contributed by atoms with E-state index in [-0.39, 0.29) is 22.6 Å². The van der Waals surface area contributed by atoms with Crippen LogP contribution in [-0.2, 0) is 16.6 Å². The molecule has 4 nitrogen and oxygen atoms in total. The minimum absolute atomic E-state index is 0.0257. The SMILES string of the molecule is Cc1cc(S(=O)(=O)NC(C)(C)C2CC2)cc(CN)c1F. The predicted molar refractivity (Wildman–Crippen MR) is 76.2 cm³/mol. The molecule has 20 heavy (non-hydrogen) atoms. The van der Waals surface area contributed by atoms with E-state index in [0.717, 1.165) is 12.8 Å². The van der Waals surface area contributed by atoms with Crippen LogP contribution in [0.25, 0.3) is 0 Å². The summed E-state index contributed by atoms with van der Waals surface area (Å²) >= 11 is 0. The van der Waals surface area contributed by atoms with Crippen molar-refractivity contribution in [2.75, 3.05) is 0 Å². The molecule has 0 aliphatic heterocycles. The Balaban J connectivity index is 2.36. The number of halogens is 1. The number of benzene rings is 1. The zero-order chi connectivity index (χ0) is 15.1. The lowest BCUT2D eigenvalue weighted by Gasteiger charge is -2.26. The smallest absolute Gasteiger partial charge is 0.241 e. The second-order valence-corrected chi connectivity index (χ2v) is 7.70. The van der Waals surface area contributed by atoms with Crippen LogP contribution in [0.4, 0.5) is 4.39 Å². The van der Waals surface area contributed by atoms with Gasteiger partial charge >= 0.3 is 0 Å². The van der Waals surface area contributed by atoms with Crippen molar-refractivity contribution in [1.82, 2.24) is 4.72 Å². The molecule has 112 valence electrons. The van der Waals surface area contributed by atoms with Crippen LogP contribution in [0.5, 0.6) is 0 Å². The number of hydrogen-bond acceptors (Lipinski definition) is 3. The maximum Gasteiger partial charge on any atom is 0.241 e. The van der Waals surface area contributed by atoms with Crippen molar-refractivity contribution in [3.05, 3.63) is 29.1 Å². The van der Waals surface area contributed by atoms with Crippen LogP contribution in [-0.4, -0.2) is 14.0 Å². The maximum atomic E-state index is 13.8. The average molecular weight is 300 g/mol. The van der Waals surface area contributed by atoms with E-state index in [4.69, 9.17) is 5.73 Å². The van der Waals surface area contributed by atoms with Gasteiger partial charge in [-0.2, -0.15) is 0 Å². The van der Waals surface area contributed by atoms with E-state index < -0.39 is 21.4 Å². The van der Waals surface area contributed by atoms with E-state index >= 15 is 0 Å². The van der Waals surface area contributed by atoms with E-state index in [1.807, 2.05) is 13.8 Å². The highest BCUT2D eigenvalue weighted by Gasteiger charge is 2.40. The molecule has 6 heteroatoms. The zero-order valence-electron chi connectivity index (χ0n) is 12.0. The summed E-state index contributed by atoms with van der Waals surface area (Å²) in [7, 11) is -3.67. The van der Waals surface area contributed by atoms with Gasteiger partial charge in [0.25, 0.3) is 0 Å². The van der Waals surface area contributed by atoms with Crippen molar-refractivity contribution >= 4 is 10.0 Å². The first kappa shape index (κ1) is 15.4. The minimum Gasteiger partial charge on any atom is -0.326 e. The lowest BCUT2D eigenvalue weighted by Crippen LogP contribution is -2.45. The number of nitrogens with one attached hydrogen (secondary N) is 1. The van der Waals surface area contributed by atoms with Crippen LogP contribution in [0, 0.1) is 18.7 Å². The Morgan fingerprint density at radius 2 is 2.00 bits per heavy atom. The molecule has 3 N–H and O–H groups in total. The maximum absolute atomic E-state index is 13.8. The van der Waals surface area contributed by atoms with Crippen LogP contribution >= 0.6 is 0 Å². The Kier molecular flexibility index (Phi) is 3.92. The Morgan fingerprint density at radius 1 is 1.40 bits per heavy atom. The molecular weight excluding hydrogens is 279 g/mol. The van der Waals surface area contributed by atoms with Crippen LogP contribution in [0.3, 0.4) is 0 Å². The molecule has 1 saturated carbocycles. The first-order valence-electron chi connectivity index (χ1n) is 6.70. The van der Waals surface area contributed by atoms with Crippen molar-refractivity contribution in [3.63, 3.8) is 0 Å². The summed E-state index contributed by atoms with van der Waals surface area (Å²) in [6.45, 7) is 5.27. The van der Waals surface area contributed by atoms with E-state index in [1.54, 1.807) is 6.92 Å². The normalized spacial score (nSPS) is 16.4. The molecule has 0 bridgehead atoms. The van der Waals surface area contributed by atoms with Crippen molar-refractivity contribution < 1.29 is 12.8 Å². The van der Waals surface area contributed by atoms with Crippen LogP contribution in [0.2, 0.25) is 0 Å². The molecular formula is C14H21FN2O2S. The fraction of sp³-hybridized carbons (Fsp3) is 0.571. The molecule has 1 aliphatic carbocycles. The van der Waals surface area contributed by atoms with Gasteiger partial charge in [-0.25, -0.2) is 17.5 Å². The van der Waals surface area contributed by atoms with Gasteiger partial charge in [-0.15, -0.1) is 0 Å². The van der Waals surface area contributed by atoms with E-state index in [1.165, 1.54) is 12.1 Å². The number of rotatable bonds is 5. The van der Waals surface area contributed by atoms with Gasteiger partial charge in [0.1, 0.15) is 5.82 Å². The summed E-state index contributed by atoms with van der Waals surface area (Å²) in [6, 6.07) is 2.66. The lowest BCUT2D eigenvalue weighted by atomic mass is 10.0. The van der Waals surface area contributed by atoms with E-state index in [0.29, 0.717) is 5.92 Å². The van der Waals surface area contributed by atoms with Crippen LogP contribution < -0.4 is 10.5 Å². The molecule has 1 fully saturated rings. The summed E-state index contributed by atoms with van der Waals surface area (Å²) in [5.74, 6) is -0.0688. The summed E-state index contributed by atoms with van der Waals surface area (Å²) in [5.41, 5.74) is 5.49. The molecule has 0 heterocycles. The fourth-order valence-corrected chi connectivity index (χ4v) is 4.01. The highest BCUT2D eigenvalue weighted by Crippen LogP contribution is 2.40. The molecule has 0 saturated heterocycles. The van der Waals surface area contributed by atoms with Gasteiger partial charge in [0.05, 0.1) is 4.90 Å². The Hall–Kier alpha value is -0.980. The Morgan fingerprint density at radius 3 is 2.50 bits per heavy atom. The van der Waals surface area contributed by atoms with Gasteiger partial charge in [0.2, 0.25) is 10.0 Å². The van der Waals surface area contributed by atoms with Crippen molar-refractivity contribution in [1.29, 1.82) is 0 Å². The molecule has 1 aliphatic rings. The third-order valence-corrected chi connectivity index (χ3v) is 5.48. The molecule has 0 spiro atoms. The first-order chi connectivity index (χ1) is 9.17. The summed E-state index contributed by atoms with van der Waals surface area (Å²) < 4.78 is 41.3. The van der Waals surface area contributed by atoms with Crippen molar-refractivity contribution in [3.8, 4) is 0 Å². The zero-order valence-corrected chi connectivity index (χ0v) is 12.8. The molecule has 1 aromatic carbocycles. The first-order valence-corrected chi connectivity index (χ1v) is 8.19. The third-order valence-electron chi connectivity index (χ3n) is 3.83. The molecule has 0 unspecified atom stereocenters. The Labute approximate surface area is 119 Å². The predicted octanol–water partition coefficient (Wildman–Crippen LogP) is 2.06. The van der Waals surface area contributed by atoms with Gasteiger partial charge in [-0.3, -0.25) is 0 Å². The molecule has 0 aromatic heterocycles. The summed E-state index contributed by atoms with van der Waals surface area (Å²) in [5, 5.41) is 0. The van der Waals surface area contributed by atoms with E-state index in [2.05, 4.69) is 4.72 Å². The molecule has 0 amide bonds. The largest absolute Gasteiger partial charge is 0.326 e. The third kappa shape index (κ3) is 3.02. The highest BCUT2D eigenvalue weighted by molar-refractivity contribution is 7.89. The van der Waals surface area contributed by atoms with Crippen LogP contribution in [0.1, 0.15) is 37.8 Å². The van der Waals surface area contributed by atoms with Crippen LogP contribution in [0.15, 0.2) is 17.0 Å². The van der Waals surface area contributed by atoms with Gasteiger partial charge < -0.3 is 5.73 Å². The van der Waals surface area contributed by atoms with E-state index in [9.17, 15) is 12.8 Å². The fourth-order valence-electron chi connectivity index (χ4n) is 2.40. The second kappa shape index (κ2) is 5.09. The summed E-state index contributed by atoms with van der Waals surface area (Å²) in [6.07, 6.45) is 2.07. The van der Waals surface area contributed by atoms with Gasteiger partial charge in [0, 0.05) is 17.6 Å². The lowest BCUT2D eigenvalue weighted by molar-refractivity contribution is 0.400. The second-order valence-electron chi connectivity index (χ2n) is 6.02. The number of aryl methyl sites for hydroxylation is 1. The van der Waals surface area contributed by atoms with Gasteiger partial charge in [-0.1, -0.05) is 0 Å². The van der Waals surface area contributed by atoms with Crippen molar-refractivity contribution in [2.45, 2.75) is 50.6 Å². The average Bonchev–Trinajstić information content (AvgIpc) is 3.15. The van der Waals surface area contributed by atoms with Gasteiger partial charge in [0.15, 0.2) is 0 Å². The topological polar surface area (TPSA) is 72.2 Å². The van der Waals surface area contributed by atoms with Crippen molar-refractivity contribution in [2.24, 2.45) is 11.7 Å². The Bertz CT molecular complexity index is 622. The molecule has 1 aromatic rings. The minimum atomic E-state index is -3.67. The monoisotopic (exact) mass is 300 g/mol. The highest BCUT2D eigenvalue weighted by atomic mass is 32.2. The molecule has 0 radical (unpaired) electrons. The number of hydrogen-bond donors (Lipinski definition) is 2. The quantitative estimate of drug-likeness (QED) is 0.874. The molecule has 0 atom stereocenters. The number of nitrogens with two attached hydrogens (primary N) is 1. The molecule has 2 rings (SSSR count). The standard InChI is InChI=1S/C14H21FN2O2S/c1-9-6-12(7-10(8-16)13(9)15)20(18,19)17-14(2,3)11-4-5-11/h6-7,11,17H,4-5,8,16H2,1-3H3. The summed E-state index contributed by atoms with van der Waals surface area (Å²) in [4.78, 5) is 0.0746. The number of sulfonamides is 1.